The van der Waals surface area contributed by atoms with Crippen molar-refractivity contribution in [3.63, 3.8) is 0 Å². The Kier molecular flexibility index (Phi) is 1.35. The van der Waals surface area contributed by atoms with Gasteiger partial charge < -0.3 is 10.3 Å². The van der Waals surface area contributed by atoms with Crippen LogP contribution in [0.1, 0.15) is 0 Å². The van der Waals surface area contributed by atoms with Crippen LogP contribution in [0.25, 0.3) is 10.9 Å². The molecule has 0 aliphatic carbocycles. The van der Waals surface area contributed by atoms with Crippen molar-refractivity contribution in [1.29, 1.82) is 0 Å². The van der Waals surface area contributed by atoms with Gasteiger partial charge in [-0.1, -0.05) is 11.2 Å². The molecule has 0 amide bonds. The number of benzene rings is 1. The Bertz CT molecular complexity index is 396. The Morgan fingerprint density at radius 2 is 2.27 bits per heavy atom. The molecule has 0 aliphatic heterocycles. The number of fused-ring (bicyclic) bond motifs is 1. The Morgan fingerprint density at radius 3 is 3.00 bits per heavy atom. The van der Waals surface area contributed by atoms with Crippen LogP contribution in [0.4, 0.5) is 5.88 Å². The van der Waals surface area contributed by atoms with Crippen molar-refractivity contribution < 1.29 is 4.52 Å². The van der Waals surface area contributed by atoms with Crippen molar-refractivity contribution in [3.05, 3.63) is 22.7 Å². The van der Waals surface area contributed by atoms with E-state index in [1.165, 1.54) is 0 Å². The first kappa shape index (κ1) is 6.67. The van der Waals surface area contributed by atoms with Crippen LogP contribution in [0.3, 0.4) is 0 Å². The zero-order chi connectivity index (χ0) is 7.84. The number of hydrogen-bond donors (Lipinski definition) is 1. The third-order valence-electron chi connectivity index (χ3n) is 1.48. The van der Waals surface area contributed by atoms with Gasteiger partial charge in [-0.3, -0.25) is 0 Å². The van der Waals surface area contributed by atoms with E-state index in [1.807, 2.05) is 18.2 Å². The molecule has 0 atom stereocenters. The second-order valence-electron chi connectivity index (χ2n) is 2.18. The maximum absolute atomic E-state index is 5.52. The fourth-order valence-electron chi connectivity index (χ4n) is 0.977. The van der Waals surface area contributed by atoms with Crippen LogP contribution >= 0.6 is 15.9 Å². The third-order valence-corrected chi connectivity index (χ3v) is 2.14. The van der Waals surface area contributed by atoms with Crippen molar-refractivity contribution in [2.75, 3.05) is 5.73 Å². The lowest BCUT2D eigenvalue weighted by molar-refractivity contribution is 0.445. The zero-order valence-corrected chi connectivity index (χ0v) is 7.13. The second kappa shape index (κ2) is 2.23. The van der Waals surface area contributed by atoms with Gasteiger partial charge in [-0.15, -0.1) is 0 Å². The molecule has 11 heavy (non-hydrogen) atoms. The van der Waals surface area contributed by atoms with Crippen LogP contribution in [0.2, 0.25) is 0 Å². The lowest BCUT2D eigenvalue weighted by atomic mass is 10.2. The van der Waals surface area contributed by atoms with Crippen LogP contribution in [-0.4, -0.2) is 5.16 Å². The summed E-state index contributed by atoms with van der Waals surface area (Å²) in [6.07, 6.45) is 0. The molecule has 0 saturated heterocycles. The molecule has 0 saturated carbocycles. The van der Waals surface area contributed by atoms with E-state index in [2.05, 4.69) is 21.1 Å². The van der Waals surface area contributed by atoms with Gasteiger partial charge in [0.05, 0.1) is 5.39 Å². The zero-order valence-electron chi connectivity index (χ0n) is 5.54. The topological polar surface area (TPSA) is 52.0 Å². The SMILES string of the molecule is Nc1onc2cccc(Br)c12. The van der Waals surface area contributed by atoms with Gasteiger partial charge in [-0.05, 0) is 28.1 Å². The van der Waals surface area contributed by atoms with Gasteiger partial charge in [0.15, 0.2) is 0 Å². The molecule has 0 unspecified atom stereocenters. The van der Waals surface area contributed by atoms with Gasteiger partial charge in [0, 0.05) is 4.47 Å². The van der Waals surface area contributed by atoms with Crippen LogP contribution in [0.5, 0.6) is 0 Å². The standard InChI is InChI=1S/C7H5BrN2O/c8-4-2-1-3-5-6(4)7(9)11-10-5/h1-3H,9H2. The molecule has 0 bridgehead atoms. The highest BCUT2D eigenvalue weighted by atomic mass is 79.9. The molecular formula is C7H5BrN2O. The molecule has 0 fully saturated rings. The van der Waals surface area contributed by atoms with Gasteiger partial charge >= 0.3 is 0 Å². The van der Waals surface area contributed by atoms with Gasteiger partial charge in [-0.25, -0.2) is 0 Å². The van der Waals surface area contributed by atoms with Crippen molar-refractivity contribution in [3.8, 4) is 0 Å². The summed E-state index contributed by atoms with van der Waals surface area (Å²) in [6, 6.07) is 5.63. The van der Waals surface area contributed by atoms with E-state index < -0.39 is 0 Å². The predicted molar refractivity (Wildman–Crippen MR) is 46.1 cm³/mol. The highest BCUT2D eigenvalue weighted by molar-refractivity contribution is 9.10. The summed E-state index contributed by atoms with van der Waals surface area (Å²) in [5.74, 6) is 0.354. The molecule has 2 rings (SSSR count). The Morgan fingerprint density at radius 1 is 1.45 bits per heavy atom. The van der Waals surface area contributed by atoms with Crippen LogP contribution in [-0.2, 0) is 0 Å². The van der Waals surface area contributed by atoms with Crippen LogP contribution in [0.15, 0.2) is 27.2 Å². The smallest absolute Gasteiger partial charge is 0.231 e. The number of anilines is 1. The molecule has 3 nitrogen and oxygen atoms in total. The minimum Gasteiger partial charge on any atom is -0.367 e. The lowest BCUT2D eigenvalue weighted by Gasteiger charge is -1.89. The molecule has 0 spiro atoms. The molecule has 2 aromatic rings. The molecule has 2 N–H and O–H groups in total. The van der Waals surface area contributed by atoms with Crippen LogP contribution in [0, 0.1) is 0 Å². The first-order valence-electron chi connectivity index (χ1n) is 3.08. The molecule has 56 valence electrons. The second-order valence-corrected chi connectivity index (χ2v) is 3.04. The average Bonchev–Trinajstić information content (AvgIpc) is 2.34. The van der Waals surface area contributed by atoms with Crippen molar-refractivity contribution in [2.45, 2.75) is 0 Å². The average molecular weight is 213 g/mol. The van der Waals surface area contributed by atoms with Crippen molar-refractivity contribution in [2.24, 2.45) is 0 Å². The molecular weight excluding hydrogens is 208 g/mol. The van der Waals surface area contributed by atoms with E-state index in [1.54, 1.807) is 0 Å². The molecule has 0 radical (unpaired) electrons. The summed E-state index contributed by atoms with van der Waals surface area (Å²) < 4.78 is 5.70. The number of rotatable bonds is 0. The molecule has 1 aromatic carbocycles. The number of halogens is 1. The van der Waals surface area contributed by atoms with E-state index in [0.29, 0.717) is 5.88 Å². The maximum Gasteiger partial charge on any atom is 0.231 e. The lowest BCUT2D eigenvalue weighted by Crippen LogP contribution is -1.80. The summed E-state index contributed by atoms with van der Waals surface area (Å²) in [6.45, 7) is 0. The number of nitrogens with two attached hydrogens (primary N) is 1. The summed E-state index contributed by atoms with van der Waals surface area (Å²) in [4.78, 5) is 0. The normalized spacial score (nSPS) is 10.6. The maximum atomic E-state index is 5.52. The van der Waals surface area contributed by atoms with Gasteiger partial charge in [0.1, 0.15) is 5.52 Å². The largest absolute Gasteiger partial charge is 0.367 e. The molecule has 0 aliphatic rings. The van der Waals surface area contributed by atoms with E-state index in [9.17, 15) is 0 Å². The summed E-state index contributed by atoms with van der Waals surface area (Å²) in [5.41, 5.74) is 6.29. The highest BCUT2D eigenvalue weighted by Gasteiger charge is 2.06. The summed E-state index contributed by atoms with van der Waals surface area (Å²) in [7, 11) is 0. The van der Waals surface area contributed by atoms with Crippen molar-refractivity contribution >= 4 is 32.7 Å². The van der Waals surface area contributed by atoms with Gasteiger partial charge in [-0.2, -0.15) is 0 Å². The quantitative estimate of drug-likeness (QED) is 0.729. The minimum absolute atomic E-state index is 0.354. The Hall–Kier alpha value is -1.03. The fourth-order valence-corrected chi connectivity index (χ4v) is 1.53. The van der Waals surface area contributed by atoms with E-state index in [-0.39, 0.29) is 0 Å². The molecule has 1 aromatic heterocycles. The molecule has 1 heterocycles. The number of hydrogen-bond acceptors (Lipinski definition) is 3. The first-order valence-corrected chi connectivity index (χ1v) is 3.87. The minimum atomic E-state index is 0.354. The first-order chi connectivity index (χ1) is 5.29. The Labute approximate surface area is 71.3 Å². The molecule has 4 heteroatoms. The highest BCUT2D eigenvalue weighted by Crippen LogP contribution is 2.27. The van der Waals surface area contributed by atoms with E-state index >= 15 is 0 Å². The number of nitrogen functional groups attached to an aromatic ring is 1. The van der Waals surface area contributed by atoms with Crippen molar-refractivity contribution in [1.82, 2.24) is 5.16 Å². The number of nitrogens with zero attached hydrogens (tertiary/aromatic N) is 1. The predicted octanol–water partition coefficient (Wildman–Crippen LogP) is 2.17. The fraction of sp³-hybridized carbons (Fsp3) is 0. The van der Waals surface area contributed by atoms with E-state index in [0.717, 1.165) is 15.4 Å². The van der Waals surface area contributed by atoms with Gasteiger partial charge in [0.25, 0.3) is 0 Å². The van der Waals surface area contributed by atoms with E-state index in [4.69, 9.17) is 10.3 Å². The third kappa shape index (κ3) is 0.903. The summed E-state index contributed by atoms with van der Waals surface area (Å²) in [5, 5.41) is 4.59. The summed E-state index contributed by atoms with van der Waals surface area (Å²) >= 11 is 3.35. The van der Waals surface area contributed by atoms with Gasteiger partial charge in [0.2, 0.25) is 5.88 Å². The Balaban J connectivity index is 2.96. The number of aromatic nitrogens is 1. The monoisotopic (exact) mass is 212 g/mol. The van der Waals surface area contributed by atoms with Crippen LogP contribution < -0.4 is 5.73 Å².